The fourth-order valence-electron chi connectivity index (χ4n) is 2.54. The van der Waals surface area contributed by atoms with Crippen LogP contribution >= 0.6 is 34.5 Å². The van der Waals surface area contributed by atoms with E-state index >= 15 is 0 Å². The normalized spacial score (nSPS) is 14.5. The summed E-state index contributed by atoms with van der Waals surface area (Å²) in [6, 6.07) is 8.70. The van der Waals surface area contributed by atoms with Crippen LogP contribution in [0.4, 0.5) is 0 Å². The highest BCUT2D eigenvalue weighted by Crippen LogP contribution is 2.31. The lowest BCUT2D eigenvalue weighted by Crippen LogP contribution is -2.51. The summed E-state index contributed by atoms with van der Waals surface area (Å²) in [5.74, 6) is 0.261. The van der Waals surface area contributed by atoms with Gasteiger partial charge in [-0.05, 0) is 23.6 Å². The summed E-state index contributed by atoms with van der Waals surface area (Å²) in [7, 11) is 0. The van der Waals surface area contributed by atoms with Crippen LogP contribution in [0.2, 0.25) is 10.0 Å². The van der Waals surface area contributed by atoms with Crippen molar-refractivity contribution in [1.29, 1.82) is 0 Å². The lowest BCUT2D eigenvalue weighted by Gasteiger charge is -2.34. The van der Waals surface area contributed by atoms with Crippen LogP contribution in [0.15, 0.2) is 35.7 Å². The third-order valence-electron chi connectivity index (χ3n) is 3.92. The maximum absolute atomic E-state index is 12.3. The molecule has 0 aliphatic carbocycles. The number of piperazine rings is 1. The molecule has 0 unspecified atom stereocenters. The van der Waals surface area contributed by atoms with E-state index in [-0.39, 0.29) is 18.4 Å². The summed E-state index contributed by atoms with van der Waals surface area (Å²) >= 11 is 13.4. The van der Waals surface area contributed by atoms with Gasteiger partial charge in [0.1, 0.15) is 10.8 Å². The van der Waals surface area contributed by atoms with Crippen molar-refractivity contribution in [2.45, 2.75) is 0 Å². The maximum atomic E-state index is 12.3. The molecule has 1 aromatic heterocycles. The molecule has 0 atom stereocenters. The topological polar surface area (TPSA) is 49.9 Å². The Hall–Kier alpha value is -1.76. The first-order valence-electron chi connectivity index (χ1n) is 7.73. The molecular weight excluding hydrogens is 383 g/mol. The number of carbonyl (C=O) groups excluding carboxylic acids is 2. The predicted octanol–water partition coefficient (Wildman–Crippen LogP) is 3.42. The second-order valence-electron chi connectivity index (χ2n) is 5.49. The quantitative estimate of drug-likeness (QED) is 0.792. The van der Waals surface area contributed by atoms with Crippen molar-refractivity contribution in [3.8, 4) is 5.75 Å². The zero-order chi connectivity index (χ0) is 17.8. The summed E-state index contributed by atoms with van der Waals surface area (Å²) in [5.41, 5.74) is 0. The van der Waals surface area contributed by atoms with E-state index in [0.717, 1.165) is 4.88 Å². The van der Waals surface area contributed by atoms with E-state index in [2.05, 4.69) is 0 Å². The van der Waals surface area contributed by atoms with Gasteiger partial charge in [0.25, 0.3) is 11.8 Å². The van der Waals surface area contributed by atoms with Gasteiger partial charge in [-0.2, -0.15) is 0 Å². The zero-order valence-electron chi connectivity index (χ0n) is 13.3. The molecule has 0 bridgehead atoms. The Morgan fingerprint density at radius 1 is 1.04 bits per heavy atom. The van der Waals surface area contributed by atoms with E-state index in [1.165, 1.54) is 11.3 Å². The van der Waals surface area contributed by atoms with Crippen LogP contribution in [0.5, 0.6) is 5.75 Å². The van der Waals surface area contributed by atoms with Crippen LogP contribution in [0, 0.1) is 0 Å². The first-order valence-corrected chi connectivity index (χ1v) is 9.37. The summed E-state index contributed by atoms with van der Waals surface area (Å²) in [4.78, 5) is 28.8. The molecule has 0 N–H and O–H groups in total. The van der Waals surface area contributed by atoms with Crippen molar-refractivity contribution >= 4 is 46.4 Å². The van der Waals surface area contributed by atoms with Gasteiger partial charge in [0.2, 0.25) is 0 Å². The molecule has 25 heavy (non-hydrogen) atoms. The number of nitrogens with zero attached hydrogens (tertiary/aromatic N) is 2. The van der Waals surface area contributed by atoms with Gasteiger partial charge < -0.3 is 14.5 Å². The number of benzene rings is 1. The summed E-state index contributed by atoms with van der Waals surface area (Å²) in [5, 5.41) is 2.56. The van der Waals surface area contributed by atoms with Crippen LogP contribution in [-0.2, 0) is 4.79 Å². The predicted molar refractivity (Wildman–Crippen MR) is 98.8 cm³/mol. The Labute approximate surface area is 159 Å². The van der Waals surface area contributed by atoms with Gasteiger partial charge in [-0.25, -0.2) is 0 Å². The lowest BCUT2D eigenvalue weighted by atomic mass is 10.3. The molecule has 1 aliphatic rings. The number of hydrogen-bond donors (Lipinski definition) is 0. The van der Waals surface area contributed by atoms with Gasteiger partial charge in [0, 0.05) is 26.2 Å². The Balaban J connectivity index is 1.50. The van der Waals surface area contributed by atoms with Crippen LogP contribution < -0.4 is 4.74 Å². The molecule has 0 radical (unpaired) electrons. The van der Waals surface area contributed by atoms with Gasteiger partial charge in [-0.3, -0.25) is 9.59 Å². The van der Waals surface area contributed by atoms with Gasteiger partial charge in [0.15, 0.2) is 6.61 Å². The minimum atomic E-state index is -0.140. The molecule has 1 aromatic carbocycles. The zero-order valence-corrected chi connectivity index (χ0v) is 15.6. The van der Waals surface area contributed by atoms with Gasteiger partial charge in [-0.1, -0.05) is 35.3 Å². The first kappa shape index (κ1) is 18.0. The van der Waals surface area contributed by atoms with E-state index in [1.807, 2.05) is 17.5 Å². The van der Waals surface area contributed by atoms with Crippen LogP contribution in [0.25, 0.3) is 0 Å². The third-order valence-corrected chi connectivity index (χ3v) is 5.58. The van der Waals surface area contributed by atoms with Gasteiger partial charge in [-0.15, -0.1) is 11.3 Å². The number of hydrogen-bond acceptors (Lipinski definition) is 4. The highest BCUT2D eigenvalue weighted by atomic mass is 35.5. The number of ether oxygens (including phenoxy) is 1. The van der Waals surface area contributed by atoms with E-state index in [1.54, 1.807) is 28.0 Å². The summed E-state index contributed by atoms with van der Waals surface area (Å²) in [6.07, 6.45) is 0. The number of carbonyl (C=O) groups is 2. The van der Waals surface area contributed by atoms with Crippen molar-refractivity contribution in [2.75, 3.05) is 32.8 Å². The molecule has 8 heteroatoms. The standard InChI is InChI=1S/C17H16Cl2N2O3S/c18-12-3-1-4-13(16(12)19)24-11-15(22)20-6-8-21(9-7-20)17(23)14-5-2-10-25-14/h1-5,10H,6-9,11H2. The summed E-state index contributed by atoms with van der Waals surface area (Å²) in [6.45, 7) is 1.89. The third kappa shape index (κ3) is 4.26. The molecule has 3 rings (SSSR count). The minimum absolute atomic E-state index is 0.0176. The Kier molecular flexibility index (Phi) is 5.83. The molecule has 132 valence electrons. The van der Waals surface area contributed by atoms with Gasteiger partial charge >= 0.3 is 0 Å². The van der Waals surface area contributed by atoms with Crippen molar-refractivity contribution in [1.82, 2.24) is 9.80 Å². The average Bonchev–Trinajstić information content (AvgIpc) is 3.17. The van der Waals surface area contributed by atoms with Crippen LogP contribution in [0.3, 0.4) is 0 Å². The van der Waals surface area contributed by atoms with Crippen molar-refractivity contribution in [2.24, 2.45) is 0 Å². The molecule has 1 fully saturated rings. The Morgan fingerprint density at radius 2 is 1.76 bits per heavy atom. The second kappa shape index (κ2) is 8.08. The van der Waals surface area contributed by atoms with E-state index in [0.29, 0.717) is 42.0 Å². The number of halogens is 2. The van der Waals surface area contributed by atoms with E-state index < -0.39 is 0 Å². The van der Waals surface area contributed by atoms with Crippen LogP contribution in [-0.4, -0.2) is 54.4 Å². The Bertz CT molecular complexity index is 759. The second-order valence-corrected chi connectivity index (χ2v) is 7.22. The number of thiophene rings is 1. The molecule has 2 amide bonds. The molecule has 5 nitrogen and oxygen atoms in total. The monoisotopic (exact) mass is 398 g/mol. The fourth-order valence-corrected chi connectivity index (χ4v) is 3.58. The van der Waals surface area contributed by atoms with Gasteiger partial charge in [0.05, 0.1) is 9.90 Å². The smallest absolute Gasteiger partial charge is 0.264 e. The summed E-state index contributed by atoms with van der Waals surface area (Å²) < 4.78 is 5.48. The molecule has 1 saturated heterocycles. The van der Waals surface area contributed by atoms with E-state index in [9.17, 15) is 9.59 Å². The lowest BCUT2D eigenvalue weighted by molar-refractivity contribution is -0.134. The molecular formula is C17H16Cl2N2O3S. The molecule has 1 aliphatic heterocycles. The number of amides is 2. The van der Waals surface area contributed by atoms with E-state index in [4.69, 9.17) is 27.9 Å². The first-order chi connectivity index (χ1) is 12.1. The Morgan fingerprint density at radius 3 is 2.44 bits per heavy atom. The highest BCUT2D eigenvalue weighted by molar-refractivity contribution is 7.12. The maximum Gasteiger partial charge on any atom is 0.264 e. The highest BCUT2D eigenvalue weighted by Gasteiger charge is 2.25. The minimum Gasteiger partial charge on any atom is -0.482 e. The molecule has 2 heterocycles. The molecule has 2 aromatic rings. The largest absolute Gasteiger partial charge is 0.482 e. The fraction of sp³-hybridized carbons (Fsp3) is 0.294. The van der Waals surface area contributed by atoms with Crippen molar-refractivity contribution in [3.05, 3.63) is 50.6 Å². The van der Waals surface area contributed by atoms with Crippen LogP contribution in [0.1, 0.15) is 9.67 Å². The van der Waals surface area contributed by atoms with Crippen molar-refractivity contribution < 1.29 is 14.3 Å². The SMILES string of the molecule is O=C(COc1cccc(Cl)c1Cl)N1CCN(C(=O)c2cccs2)CC1. The average molecular weight is 399 g/mol. The molecule has 0 saturated carbocycles. The van der Waals surface area contributed by atoms with Crippen molar-refractivity contribution in [3.63, 3.8) is 0 Å². The number of rotatable bonds is 4. The molecule has 0 spiro atoms.